The zero-order chi connectivity index (χ0) is 14.8. The molecule has 0 aromatic heterocycles. The Morgan fingerprint density at radius 1 is 1.06 bits per heavy atom. The van der Waals surface area contributed by atoms with Gasteiger partial charge >= 0.3 is 24.0 Å². The summed E-state index contributed by atoms with van der Waals surface area (Å²) in [6, 6.07) is 0. The summed E-state index contributed by atoms with van der Waals surface area (Å²) >= 11 is 0. The first kappa shape index (κ1) is 16.7. The second-order valence-corrected chi connectivity index (χ2v) is 3.54. The summed E-state index contributed by atoms with van der Waals surface area (Å²) in [5.41, 5.74) is -0.541. The predicted molar refractivity (Wildman–Crippen MR) is 46.6 cm³/mol. The van der Waals surface area contributed by atoms with E-state index < -0.39 is 48.8 Å². The van der Waals surface area contributed by atoms with Gasteiger partial charge in [0.05, 0.1) is 0 Å². The fraction of sp³-hybridized carbons (Fsp3) is 0.667. The molecule has 0 saturated carbocycles. The highest BCUT2D eigenvalue weighted by atomic mass is 19.4. The van der Waals surface area contributed by atoms with E-state index in [9.17, 15) is 35.5 Å². The molecular weight excluding hydrogens is 273 g/mol. The van der Waals surface area contributed by atoms with Gasteiger partial charge in [0.15, 0.2) is 0 Å². The maximum atomic E-state index is 12.7. The Kier molecular flexibility index (Phi) is 4.78. The average molecular weight is 282 g/mol. The minimum absolute atomic E-state index is 0.541. The monoisotopic (exact) mass is 282 g/mol. The second-order valence-electron chi connectivity index (χ2n) is 3.54. The van der Waals surface area contributed by atoms with Crippen LogP contribution in [0.3, 0.4) is 0 Å². The normalized spacial score (nSPS) is 13.5. The van der Waals surface area contributed by atoms with Crippen molar-refractivity contribution < 1.29 is 40.6 Å². The van der Waals surface area contributed by atoms with E-state index in [1.807, 2.05) is 0 Å². The summed E-state index contributed by atoms with van der Waals surface area (Å²) < 4.78 is 85.3. The average Bonchev–Trinajstić information content (AvgIpc) is 2.14. The highest BCUT2D eigenvalue weighted by Gasteiger charge is 2.72. The molecule has 0 rings (SSSR count). The van der Waals surface area contributed by atoms with Crippen LogP contribution in [-0.4, -0.2) is 29.1 Å². The van der Waals surface area contributed by atoms with Crippen LogP contribution < -0.4 is 0 Å². The molecule has 106 valence electrons. The highest BCUT2D eigenvalue weighted by molar-refractivity contribution is 5.85. The molecule has 0 amide bonds. The number of carbonyl (C=O) groups is 1. The van der Waals surface area contributed by atoms with Crippen LogP contribution in [-0.2, 0) is 4.79 Å². The quantitative estimate of drug-likeness (QED) is 0.596. The van der Waals surface area contributed by atoms with Crippen molar-refractivity contribution in [3.05, 3.63) is 12.2 Å². The Morgan fingerprint density at radius 2 is 1.50 bits per heavy atom. The molecule has 0 aliphatic carbocycles. The third-order valence-corrected chi connectivity index (χ3v) is 2.09. The van der Waals surface area contributed by atoms with E-state index in [-0.39, 0.29) is 0 Å². The highest BCUT2D eigenvalue weighted by Crippen LogP contribution is 2.48. The van der Waals surface area contributed by atoms with Crippen LogP contribution in [0.4, 0.5) is 30.7 Å². The molecule has 2 nitrogen and oxygen atoms in total. The molecule has 0 unspecified atom stereocenters. The Bertz CT molecular complexity index is 332. The second kappa shape index (κ2) is 5.15. The molecule has 9 heteroatoms. The van der Waals surface area contributed by atoms with Gasteiger partial charge in [-0.1, -0.05) is 6.58 Å². The summed E-state index contributed by atoms with van der Waals surface area (Å²) in [6.45, 7) is 2.93. The van der Waals surface area contributed by atoms with Crippen molar-refractivity contribution >= 4 is 5.97 Å². The molecule has 0 aliphatic heterocycles. The lowest BCUT2D eigenvalue weighted by Crippen LogP contribution is -2.51. The van der Waals surface area contributed by atoms with E-state index in [1.165, 1.54) is 0 Å². The Morgan fingerprint density at radius 3 is 1.83 bits per heavy atom. The van der Waals surface area contributed by atoms with Crippen molar-refractivity contribution in [1.29, 1.82) is 0 Å². The molecule has 0 atom stereocenters. The molecule has 1 N–H and O–H groups in total. The molecule has 0 aromatic rings. The topological polar surface area (TPSA) is 37.3 Å². The lowest BCUT2D eigenvalue weighted by Gasteiger charge is -2.28. The number of aliphatic carboxylic acids is 1. The SMILES string of the molecule is C=C(CCCC(F)(F)C(F)(F)C(F)(F)F)C(=O)O. The van der Waals surface area contributed by atoms with Crippen molar-refractivity contribution in [2.45, 2.75) is 37.3 Å². The number of hydrogen-bond acceptors (Lipinski definition) is 1. The van der Waals surface area contributed by atoms with E-state index in [0.29, 0.717) is 0 Å². The van der Waals surface area contributed by atoms with Gasteiger partial charge in [0, 0.05) is 12.0 Å². The fourth-order valence-corrected chi connectivity index (χ4v) is 0.995. The van der Waals surface area contributed by atoms with Crippen LogP contribution in [0.25, 0.3) is 0 Å². The van der Waals surface area contributed by atoms with E-state index in [1.54, 1.807) is 0 Å². The molecule has 0 heterocycles. The lowest BCUT2D eigenvalue weighted by atomic mass is 10.0. The number of carboxylic acids is 1. The van der Waals surface area contributed by atoms with Crippen LogP contribution in [0.5, 0.6) is 0 Å². The van der Waals surface area contributed by atoms with Crippen LogP contribution in [0.2, 0.25) is 0 Å². The lowest BCUT2D eigenvalue weighted by molar-refractivity contribution is -0.355. The van der Waals surface area contributed by atoms with Crippen molar-refractivity contribution in [2.75, 3.05) is 0 Å². The van der Waals surface area contributed by atoms with Crippen LogP contribution >= 0.6 is 0 Å². The van der Waals surface area contributed by atoms with Crippen molar-refractivity contribution in [3.8, 4) is 0 Å². The van der Waals surface area contributed by atoms with Crippen LogP contribution in [0.1, 0.15) is 19.3 Å². The van der Waals surface area contributed by atoms with Crippen molar-refractivity contribution in [1.82, 2.24) is 0 Å². The largest absolute Gasteiger partial charge is 0.478 e. The first-order valence-electron chi connectivity index (χ1n) is 4.56. The molecular formula is C9H9F7O2. The Balaban J connectivity index is 4.58. The number of rotatable bonds is 6. The molecule has 0 aliphatic rings. The number of alkyl halides is 7. The van der Waals surface area contributed by atoms with Crippen LogP contribution in [0, 0.1) is 0 Å². The maximum Gasteiger partial charge on any atom is 0.459 e. The summed E-state index contributed by atoms with van der Waals surface area (Å²) in [4.78, 5) is 10.2. The van der Waals surface area contributed by atoms with Crippen molar-refractivity contribution in [3.63, 3.8) is 0 Å². The van der Waals surface area contributed by atoms with E-state index in [0.717, 1.165) is 0 Å². The van der Waals surface area contributed by atoms with E-state index >= 15 is 0 Å². The summed E-state index contributed by atoms with van der Waals surface area (Å²) in [6.07, 6.45) is -9.59. The third kappa shape index (κ3) is 3.61. The number of carboxylic acid groups (broad SMARTS) is 1. The minimum atomic E-state index is -6.36. The summed E-state index contributed by atoms with van der Waals surface area (Å²) in [7, 11) is 0. The summed E-state index contributed by atoms with van der Waals surface area (Å²) in [5.74, 6) is -13.0. The number of halogens is 7. The molecule has 0 fully saturated rings. The first-order valence-corrected chi connectivity index (χ1v) is 4.56. The van der Waals surface area contributed by atoms with Gasteiger partial charge in [-0.05, 0) is 12.8 Å². The molecule has 0 aromatic carbocycles. The minimum Gasteiger partial charge on any atom is -0.478 e. The standard InChI is InChI=1S/C9H9F7O2/c1-5(6(17)18)3-2-4-7(10,11)8(12,13)9(14,15)16/h1-4H2,(H,17,18). The van der Waals surface area contributed by atoms with Gasteiger partial charge in [-0.3, -0.25) is 0 Å². The Labute approximate surface area is 97.1 Å². The maximum absolute atomic E-state index is 12.7. The van der Waals surface area contributed by atoms with Gasteiger partial charge in [0.25, 0.3) is 0 Å². The molecule has 18 heavy (non-hydrogen) atoms. The van der Waals surface area contributed by atoms with E-state index in [2.05, 4.69) is 6.58 Å². The first-order chi connectivity index (χ1) is 7.83. The summed E-state index contributed by atoms with van der Waals surface area (Å²) in [5, 5.41) is 8.29. The predicted octanol–water partition coefficient (Wildman–Crippen LogP) is 3.63. The molecule has 0 radical (unpaired) electrons. The zero-order valence-electron chi connectivity index (χ0n) is 8.83. The number of hydrogen-bond donors (Lipinski definition) is 1. The van der Waals surface area contributed by atoms with Crippen molar-refractivity contribution in [2.24, 2.45) is 0 Å². The van der Waals surface area contributed by atoms with Gasteiger partial charge in [-0.15, -0.1) is 0 Å². The molecule has 0 bridgehead atoms. The third-order valence-electron chi connectivity index (χ3n) is 2.09. The van der Waals surface area contributed by atoms with Gasteiger partial charge in [0.2, 0.25) is 0 Å². The smallest absolute Gasteiger partial charge is 0.459 e. The van der Waals surface area contributed by atoms with Gasteiger partial charge in [0.1, 0.15) is 0 Å². The van der Waals surface area contributed by atoms with Crippen LogP contribution in [0.15, 0.2) is 12.2 Å². The van der Waals surface area contributed by atoms with Gasteiger partial charge in [-0.25, -0.2) is 4.79 Å². The zero-order valence-corrected chi connectivity index (χ0v) is 8.83. The van der Waals surface area contributed by atoms with E-state index in [4.69, 9.17) is 5.11 Å². The molecule has 0 spiro atoms. The molecule has 0 saturated heterocycles. The van der Waals surface area contributed by atoms with Gasteiger partial charge < -0.3 is 5.11 Å². The Hall–Kier alpha value is -1.28. The fourth-order valence-electron chi connectivity index (χ4n) is 0.995. The van der Waals surface area contributed by atoms with Gasteiger partial charge in [-0.2, -0.15) is 30.7 Å².